The lowest BCUT2D eigenvalue weighted by molar-refractivity contribution is 0.480. The van der Waals surface area contributed by atoms with Crippen molar-refractivity contribution in [2.45, 2.75) is 5.03 Å². The van der Waals surface area contributed by atoms with E-state index in [0.29, 0.717) is 10.1 Å². The van der Waals surface area contributed by atoms with E-state index in [-0.39, 0.29) is 5.03 Å². The highest BCUT2D eigenvalue weighted by Gasteiger charge is 2.16. The molecule has 0 unspecified atom stereocenters. The van der Waals surface area contributed by atoms with Crippen molar-refractivity contribution in [1.29, 1.82) is 0 Å². The lowest BCUT2D eigenvalue weighted by Gasteiger charge is -1.95. The number of hydrogen-bond donors (Lipinski definition) is 1. The van der Waals surface area contributed by atoms with Gasteiger partial charge in [-0.15, -0.1) is 0 Å². The first-order chi connectivity index (χ1) is 6.09. The average molecular weight is 216 g/mol. The van der Waals surface area contributed by atoms with Crippen molar-refractivity contribution in [2.24, 2.45) is 0 Å². The summed E-state index contributed by atoms with van der Waals surface area (Å²) in [5.41, 5.74) is 0. The molecule has 0 aliphatic heterocycles. The van der Waals surface area contributed by atoms with Crippen LogP contribution < -0.4 is 0 Å². The molecule has 2 aromatic rings. The lowest BCUT2D eigenvalue weighted by atomic mass is 10.4. The van der Waals surface area contributed by atoms with Crippen molar-refractivity contribution < 1.29 is 13.0 Å². The highest BCUT2D eigenvalue weighted by molar-refractivity contribution is 7.86. The number of nitrogens with zero attached hydrogens (tertiary/aromatic N) is 2. The molecule has 0 spiro atoms. The van der Waals surface area contributed by atoms with Crippen molar-refractivity contribution >= 4 is 31.7 Å². The van der Waals surface area contributed by atoms with E-state index in [4.69, 9.17) is 4.55 Å². The molecule has 2 aromatic heterocycles. The third-order valence-electron chi connectivity index (χ3n) is 1.49. The number of rotatable bonds is 1. The topological polar surface area (TPSA) is 80.2 Å². The van der Waals surface area contributed by atoms with Gasteiger partial charge in [-0.3, -0.25) is 4.55 Å². The summed E-state index contributed by atoms with van der Waals surface area (Å²) in [5, 5.41) is 0.0220. The minimum atomic E-state index is -4.24. The molecule has 0 fully saturated rings. The summed E-state index contributed by atoms with van der Waals surface area (Å²) in [5.74, 6) is 0. The fourth-order valence-corrected chi connectivity index (χ4v) is 2.32. The molecule has 0 aliphatic rings. The van der Waals surface area contributed by atoms with E-state index in [1.165, 1.54) is 12.4 Å². The Morgan fingerprint density at radius 2 is 2.23 bits per heavy atom. The van der Waals surface area contributed by atoms with Crippen LogP contribution in [0.25, 0.3) is 10.1 Å². The number of fused-ring (bicyclic) bond motifs is 1. The molecular formula is C6H4N2O3S2. The fourth-order valence-electron chi connectivity index (χ4n) is 0.977. The second-order valence-corrected chi connectivity index (χ2v) is 4.50. The van der Waals surface area contributed by atoms with Crippen LogP contribution in [0.15, 0.2) is 23.5 Å². The van der Waals surface area contributed by atoms with Gasteiger partial charge in [-0.25, -0.2) is 4.98 Å². The molecule has 0 radical (unpaired) electrons. The highest BCUT2D eigenvalue weighted by Crippen LogP contribution is 2.22. The Bertz CT molecular complexity index is 546. The third-order valence-corrected chi connectivity index (χ3v) is 3.07. The zero-order valence-corrected chi connectivity index (χ0v) is 7.84. The van der Waals surface area contributed by atoms with Gasteiger partial charge >= 0.3 is 10.1 Å². The van der Waals surface area contributed by atoms with Crippen LogP contribution in [0.2, 0.25) is 0 Å². The zero-order valence-electron chi connectivity index (χ0n) is 6.21. The maximum Gasteiger partial charge on any atom is 0.312 e. The summed E-state index contributed by atoms with van der Waals surface area (Å²) in [4.78, 5) is 3.58. The van der Waals surface area contributed by atoms with Gasteiger partial charge in [0.15, 0.2) is 5.03 Å². The molecule has 0 saturated heterocycles. The molecule has 0 aromatic carbocycles. The molecule has 2 rings (SSSR count). The van der Waals surface area contributed by atoms with Gasteiger partial charge in [-0.2, -0.15) is 12.8 Å². The van der Waals surface area contributed by atoms with Crippen LogP contribution in [0.5, 0.6) is 0 Å². The zero-order chi connectivity index (χ0) is 9.47. The van der Waals surface area contributed by atoms with Crippen LogP contribution in [-0.4, -0.2) is 22.3 Å². The monoisotopic (exact) mass is 216 g/mol. The fraction of sp³-hybridized carbons (Fsp3) is 0. The summed E-state index contributed by atoms with van der Waals surface area (Å²) >= 11 is 1.15. The third kappa shape index (κ3) is 1.41. The molecule has 0 bridgehead atoms. The van der Waals surface area contributed by atoms with Gasteiger partial charge in [0.25, 0.3) is 0 Å². The largest absolute Gasteiger partial charge is 0.312 e. The Morgan fingerprint density at radius 3 is 2.92 bits per heavy atom. The van der Waals surface area contributed by atoms with Crippen LogP contribution in [0.1, 0.15) is 0 Å². The van der Waals surface area contributed by atoms with Crippen LogP contribution in [-0.2, 0) is 10.1 Å². The second-order valence-electron chi connectivity index (χ2n) is 2.33. The summed E-state index contributed by atoms with van der Waals surface area (Å²) in [7, 11) is -4.24. The molecule has 13 heavy (non-hydrogen) atoms. The Morgan fingerprint density at radius 1 is 1.46 bits per heavy atom. The lowest BCUT2D eigenvalue weighted by Crippen LogP contribution is -2.00. The van der Waals surface area contributed by atoms with E-state index in [1.54, 1.807) is 6.07 Å². The van der Waals surface area contributed by atoms with Crippen molar-refractivity contribution in [2.75, 3.05) is 0 Å². The van der Waals surface area contributed by atoms with Crippen molar-refractivity contribution in [3.8, 4) is 0 Å². The van der Waals surface area contributed by atoms with Gasteiger partial charge in [-0.1, -0.05) is 0 Å². The van der Waals surface area contributed by atoms with Gasteiger partial charge in [0.05, 0.1) is 16.3 Å². The molecule has 0 amide bonds. The van der Waals surface area contributed by atoms with Crippen LogP contribution in [0.3, 0.4) is 0 Å². The molecular weight excluding hydrogens is 212 g/mol. The molecule has 2 heterocycles. The van der Waals surface area contributed by atoms with Gasteiger partial charge in [0.2, 0.25) is 0 Å². The SMILES string of the molecule is O=S(=O)(O)c1nccc2sncc12. The molecule has 1 N–H and O–H groups in total. The molecule has 68 valence electrons. The van der Waals surface area contributed by atoms with Gasteiger partial charge in [0.1, 0.15) is 0 Å². The normalized spacial score (nSPS) is 12.1. The number of pyridine rings is 1. The first-order valence-electron chi connectivity index (χ1n) is 3.26. The summed E-state index contributed by atoms with van der Waals surface area (Å²) in [6.45, 7) is 0. The van der Waals surface area contributed by atoms with Crippen molar-refractivity contribution in [3.63, 3.8) is 0 Å². The first-order valence-corrected chi connectivity index (χ1v) is 5.47. The Kier molecular flexibility index (Phi) is 1.79. The van der Waals surface area contributed by atoms with Gasteiger partial charge in [0, 0.05) is 6.20 Å². The Labute approximate surface area is 78.0 Å². The van der Waals surface area contributed by atoms with Crippen molar-refractivity contribution in [3.05, 3.63) is 18.5 Å². The van der Waals surface area contributed by atoms with E-state index in [9.17, 15) is 8.42 Å². The Hall–Kier alpha value is -1.05. The molecule has 7 heteroatoms. The maximum absolute atomic E-state index is 10.8. The van der Waals surface area contributed by atoms with E-state index in [1.807, 2.05) is 0 Å². The second kappa shape index (κ2) is 2.72. The van der Waals surface area contributed by atoms with E-state index >= 15 is 0 Å². The van der Waals surface area contributed by atoms with Crippen LogP contribution in [0.4, 0.5) is 0 Å². The minimum absolute atomic E-state index is 0.334. The van der Waals surface area contributed by atoms with E-state index < -0.39 is 10.1 Å². The Balaban J connectivity index is 2.91. The summed E-state index contributed by atoms with van der Waals surface area (Å²) in [6, 6.07) is 1.64. The summed E-state index contributed by atoms with van der Waals surface area (Å²) in [6.07, 6.45) is 2.69. The quantitative estimate of drug-likeness (QED) is 0.717. The minimum Gasteiger partial charge on any atom is -0.281 e. The van der Waals surface area contributed by atoms with Gasteiger partial charge < -0.3 is 0 Å². The molecule has 0 saturated carbocycles. The average Bonchev–Trinajstić information content (AvgIpc) is 2.48. The maximum atomic E-state index is 10.8. The standard InChI is InChI=1S/C6H4N2O3S2/c9-13(10,11)6-4-3-8-12-5(4)1-2-7-6/h1-3H,(H,9,10,11). The smallest absolute Gasteiger partial charge is 0.281 e. The van der Waals surface area contributed by atoms with Crippen LogP contribution in [0, 0.1) is 0 Å². The van der Waals surface area contributed by atoms with Crippen LogP contribution >= 0.6 is 11.5 Å². The predicted octanol–water partition coefficient (Wildman–Crippen LogP) is 0.938. The highest BCUT2D eigenvalue weighted by atomic mass is 32.2. The summed E-state index contributed by atoms with van der Waals surface area (Å²) < 4.78 is 34.9. The molecule has 0 aliphatic carbocycles. The van der Waals surface area contributed by atoms with Gasteiger partial charge in [-0.05, 0) is 17.6 Å². The number of aromatic nitrogens is 2. The number of hydrogen-bond acceptors (Lipinski definition) is 5. The van der Waals surface area contributed by atoms with E-state index in [0.717, 1.165) is 11.5 Å². The molecule has 5 nitrogen and oxygen atoms in total. The van der Waals surface area contributed by atoms with E-state index in [2.05, 4.69) is 9.36 Å². The first kappa shape index (κ1) is 8.54. The predicted molar refractivity (Wildman–Crippen MR) is 47.2 cm³/mol. The molecule has 0 atom stereocenters. The van der Waals surface area contributed by atoms with Crippen molar-refractivity contribution in [1.82, 2.24) is 9.36 Å².